The number of rotatable bonds is 8. The molecule has 0 bridgehead atoms. The molecule has 1 heterocycles. The molecule has 1 unspecified atom stereocenters. The van der Waals surface area contributed by atoms with Gasteiger partial charge in [0.05, 0.1) is 5.92 Å². The molecule has 1 rings (SSSR count). The number of hydrogen-bond donors (Lipinski definition) is 2. The van der Waals surface area contributed by atoms with Gasteiger partial charge in [0, 0.05) is 26.8 Å². The SMILES string of the molecule is CC(CCCNc1ccc(S(=O)(=O)N(C)C)cn1)C(=O)O. The second-order valence-corrected chi connectivity index (χ2v) is 7.13. The van der Waals surface area contributed by atoms with Gasteiger partial charge < -0.3 is 10.4 Å². The first kappa shape index (κ1) is 17.4. The zero-order chi connectivity index (χ0) is 16.0. The molecular weight excluding hydrogens is 294 g/mol. The van der Waals surface area contributed by atoms with Gasteiger partial charge in [0.15, 0.2) is 0 Å². The van der Waals surface area contributed by atoms with Gasteiger partial charge in [-0.05, 0) is 25.0 Å². The monoisotopic (exact) mass is 315 g/mol. The van der Waals surface area contributed by atoms with Crippen molar-refractivity contribution < 1.29 is 18.3 Å². The Morgan fingerprint density at radius 3 is 2.57 bits per heavy atom. The van der Waals surface area contributed by atoms with Crippen LogP contribution in [0.3, 0.4) is 0 Å². The number of nitrogens with zero attached hydrogens (tertiary/aromatic N) is 2. The van der Waals surface area contributed by atoms with Crippen molar-refractivity contribution in [1.82, 2.24) is 9.29 Å². The molecule has 0 radical (unpaired) electrons. The van der Waals surface area contributed by atoms with Gasteiger partial charge in [0.1, 0.15) is 10.7 Å². The number of hydrogen-bond acceptors (Lipinski definition) is 5. The third-order valence-corrected chi connectivity index (χ3v) is 4.86. The van der Waals surface area contributed by atoms with Crippen LogP contribution >= 0.6 is 0 Å². The van der Waals surface area contributed by atoms with Crippen LogP contribution in [0.4, 0.5) is 5.82 Å². The van der Waals surface area contributed by atoms with Crippen LogP contribution in [0, 0.1) is 5.92 Å². The molecule has 0 aliphatic heterocycles. The largest absolute Gasteiger partial charge is 0.481 e. The molecule has 0 saturated heterocycles. The number of carbonyl (C=O) groups is 1. The molecule has 7 nitrogen and oxygen atoms in total. The first-order valence-corrected chi connectivity index (χ1v) is 8.04. The minimum absolute atomic E-state index is 0.137. The second-order valence-electron chi connectivity index (χ2n) is 4.97. The average Bonchev–Trinajstić information content (AvgIpc) is 2.43. The van der Waals surface area contributed by atoms with E-state index in [2.05, 4.69) is 10.3 Å². The van der Waals surface area contributed by atoms with Gasteiger partial charge in [-0.1, -0.05) is 6.92 Å². The number of aliphatic carboxylic acids is 1. The lowest BCUT2D eigenvalue weighted by molar-refractivity contribution is -0.141. The lowest BCUT2D eigenvalue weighted by atomic mass is 10.1. The van der Waals surface area contributed by atoms with Gasteiger partial charge in [-0.15, -0.1) is 0 Å². The zero-order valence-corrected chi connectivity index (χ0v) is 13.2. The third-order valence-electron chi connectivity index (χ3n) is 3.06. The Labute approximate surface area is 125 Å². The van der Waals surface area contributed by atoms with E-state index in [4.69, 9.17) is 5.11 Å². The summed E-state index contributed by atoms with van der Waals surface area (Å²) in [7, 11) is -0.535. The number of pyridine rings is 1. The van der Waals surface area contributed by atoms with Crippen molar-refractivity contribution in [3.63, 3.8) is 0 Å². The van der Waals surface area contributed by atoms with E-state index < -0.39 is 16.0 Å². The minimum Gasteiger partial charge on any atom is -0.481 e. The lowest BCUT2D eigenvalue weighted by Gasteiger charge is -2.12. The van der Waals surface area contributed by atoms with Crippen molar-refractivity contribution in [2.45, 2.75) is 24.7 Å². The number of sulfonamides is 1. The fraction of sp³-hybridized carbons (Fsp3) is 0.538. The van der Waals surface area contributed by atoms with Crippen LogP contribution in [-0.2, 0) is 14.8 Å². The van der Waals surface area contributed by atoms with E-state index >= 15 is 0 Å². The molecular formula is C13H21N3O4S. The molecule has 0 aliphatic rings. The van der Waals surface area contributed by atoms with E-state index in [9.17, 15) is 13.2 Å². The van der Waals surface area contributed by atoms with Crippen LogP contribution in [0.25, 0.3) is 0 Å². The lowest BCUT2D eigenvalue weighted by Crippen LogP contribution is -2.22. The highest BCUT2D eigenvalue weighted by molar-refractivity contribution is 7.89. The van der Waals surface area contributed by atoms with Crippen LogP contribution in [0.15, 0.2) is 23.2 Å². The standard InChI is InChI=1S/C13H21N3O4S/c1-10(13(17)18)5-4-8-14-12-7-6-11(9-15-12)21(19,20)16(2)3/h6-7,9-10H,4-5,8H2,1-3H3,(H,14,15)(H,17,18). The Kier molecular flexibility index (Phi) is 6.10. The molecule has 0 fully saturated rings. The number of anilines is 1. The number of nitrogens with one attached hydrogen (secondary N) is 1. The van der Waals surface area contributed by atoms with E-state index in [1.807, 2.05) is 0 Å². The van der Waals surface area contributed by atoms with E-state index in [1.54, 1.807) is 13.0 Å². The molecule has 0 aromatic carbocycles. The number of aromatic nitrogens is 1. The molecule has 2 N–H and O–H groups in total. The number of carboxylic acid groups (broad SMARTS) is 1. The number of carboxylic acids is 1. The Bertz CT molecular complexity index is 570. The van der Waals surface area contributed by atoms with Crippen LogP contribution < -0.4 is 5.32 Å². The molecule has 0 spiro atoms. The van der Waals surface area contributed by atoms with Gasteiger partial charge in [-0.3, -0.25) is 4.79 Å². The summed E-state index contributed by atoms with van der Waals surface area (Å²) in [4.78, 5) is 14.8. The minimum atomic E-state index is -3.46. The van der Waals surface area contributed by atoms with E-state index in [0.29, 0.717) is 25.2 Å². The Balaban J connectivity index is 2.51. The third kappa shape index (κ3) is 4.98. The molecule has 1 aromatic heterocycles. The van der Waals surface area contributed by atoms with Gasteiger partial charge in [0.2, 0.25) is 10.0 Å². The molecule has 0 aliphatic carbocycles. The fourth-order valence-electron chi connectivity index (χ4n) is 1.60. The summed E-state index contributed by atoms with van der Waals surface area (Å²) in [5.74, 6) is -0.602. The van der Waals surface area contributed by atoms with Gasteiger partial charge >= 0.3 is 5.97 Å². The second kappa shape index (κ2) is 7.37. The molecule has 0 amide bonds. The summed E-state index contributed by atoms with van der Waals surface area (Å²) in [5.41, 5.74) is 0. The summed E-state index contributed by atoms with van der Waals surface area (Å²) in [6.07, 6.45) is 2.58. The smallest absolute Gasteiger partial charge is 0.306 e. The maximum Gasteiger partial charge on any atom is 0.306 e. The van der Waals surface area contributed by atoms with Gasteiger partial charge in [0.25, 0.3) is 0 Å². The quantitative estimate of drug-likeness (QED) is 0.700. The van der Waals surface area contributed by atoms with Crippen molar-refractivity contribution >= 4 is 21.8 Å². The summed E-state index contributed by atoms with van der Waals surface area (Å²) in [5, 5.41) is 11.8. The Hall–Kier alpha value is -1.67. The molecule has 118 valence electrons. The molecule has 8 heteroatoms. The normalized spacial score (nSPS) is 13.1. The average molecular weight is 315 g/mol. The van der Waals surface area contributed by atoms with Gasteiger partial charge in [-0.2, -0.15) is 0 Å². The van der Waals surface area contributed by atoms with Gasteiger partial charge in [-0.25, -0.2) is 17.7 Å². The van der Waals surface area contributed by atoms with E-state index in [1.165, 1.54) is 26.4 Å². The fourth-order valence-corrected chi connectivity index (χ4v) is 2.44. The first-order chi connectivity index (χ1) is 9.75. The molecule has 1 aromatic rings. The van der Waals surface area contributed by atoms with Crippen LogP contribution in [-0.4, -0.2) is 49.4 Å². The zero-order valence-electron chi connectivity index (χ0n) is 12.4. The summed E-state index contributed by atoms with van der Waals surface area (Å²) >= 11 is 0. The molecule has 1 atom stereocenters. The van der Waals surface area contributed by atoms with Crippen molar-refractivity contribution in [3.8, 4) is 0 Å². The highest BCUT2D eigenvalue weighted by Gasteiger charge is 2.17. The van der Waals surface area contributed by atoms with Crippen molar-refractivity contribution in [3.05, 3.63) is 18.3 Å². The maximum absolute atomic E-state index is 11.9. The summed E-state index contributed by atoms with van der Waals surface area (Å²) in [6.45, 7) is 2.26. The highest BCUT2D eigenvalue weighted by Crippen LogP contribution is 2.14. The maximum atomic E-state index is 11.9. The van der Waals surface area contributed by atoms with E-state index in [0.717, 1.165) is 4.31 Å². The summed E-state index contributed by atoms with van der Waals surface area (Å²) < 4.78 is 24.8. The molecule has 21 heavy (non-hydrogen) atoms. The van der Waals surface area contributed by atoms with E-state index in [-0.39, 0.29) is 10.8 Å². The first-order valence-electron chi connectivity index (χ1n) is 6.60. The highest BCUT2D eigenvalue weighted by atomic mass is 32.2. The predicted octanol–water partition coefficient (Wildman–Crippen LogP) is 1.24. The predicted molar refractivity (Wildman–Crippen MR) is 79.6 cm³/mol. The summed E-state index contributed by atoms with van der Waals surface area (Å²) in [6, 6.07) is 3.08. The van der Waals surface area contributed by atoms with Crippen LogP contribution in [0.5, 0.6) is 0 Å². The van der Waals surface area contributed by atoms with Crippen molar-refractivity contribution in [2.75, 3.05) is 26.0 Å². The Morgan fingerprint density at radius 1 is 1.43 bits per heavy atom. The van der Waals surface area contributed by atoms with Crippen LogP contribution in [0.2, 0.25) is 0 Å². The van der Waals surface area contributed by atoms with Crippen LogP contribution in [0.1, 0.15) is 19.8 Å². The van der Waals surface area contributed by atoms with Crippen molar-refractivity contribution in [1.29, 1.82) is 0 Å². The molecule has 0 saturated carbocycles. The Morgan fingerprint density at radius 2 is 2.10 bits per heavy atom. The van der Waals surface area contributed by atoms with Crippen molar-refractivity contribution in [2.24, 2.45) is 5.92 Å². The topological polar surface area (TPSA) is 99.6 Å².